The lowest BCUT2D eigenvalue weighted by Gasteiger charge is -2.14. The van der Waals surface area contributed by atoms with Crippen molar-refractivity contribution in [2.24, 2.45) is 0 Å². The van der Waals surface area contributed by atoms with Crippen molar-refractivity contribution in [2.75, 3.05) is 14.2 Å². The Labute approximate surface area is 198 Å². The first-order chi connectivity index (χ1) is 15.9. The van der Waals surface area contributed by atoms with Crippen LogP contribution in [0.2, 0.25) is 5.02 Å². The molecule has 168 valence electrons. The van der Waals surface area contributed by atoms with E-state index in [0.29, 0.717) is 28.0 Å². The lowest BCUT2D eigenvalue weighted by Crippen LogP contribution is -2.24. The van der Waals surface area contributed by atoms with Gasteiger partial charge < -0.3 is 19.8 Å². The zero-order valence-corrected chi connectivity index (χ0v) is 19.2. The van der Waals surface area contributed by atoms with Crippen molar-refractivity contribution < 1.29 is 14.3 Å². The lowest BCUT2D eigenvalue weighted by atomic mass is 10.1. The summed E-state index contributed by atoms with van der Waals surface area (Å²) in [6, 6.07) is 11.9. The van der Waals surface area contributed by atoms with E-state index in [4.69, 9.17) is 33.3 Å². The number of aromatic nitrogens is 4. The Morgan fingerprint density at radius 2 is 1.79 bits per heavy atom. The van der Waals surface area contributed by atoms with E-state index in [-0.39, 0.29) is 28.1 Å². The van der Waals surface area contributed by atoms with Gasteiger partial charge in [0, 0.05) is 17.1 Å². The Bertz CT molecular complexity index is 1440. The summed E-state index contributed by atoms with van der Waals surface area (Å²) < 4.78 is 11.8. The number of benzene rings is 2. The summed E-state index contributed by atoms with van der Waals surface area (Å²) in [5.41, 5.74) is 1.44. The van der Waals surface area contributed by atoms with E-state index in [1.807, 2.05) is 12.1 Å². The zero-order valence-electron chi connectivity index (χ0n) is 17.6. The molecule has 0 saturated carbocycles. The van der Waals surface area contributed by atoms with Gasteiger partial charge in [0.1, 0.15) is 6.33 Å². The highest BCUT2D eigenvalue weighted by atomic mass is 35.5. The summed E-state index contributed by atoms with van der Waals surface area (Å²) in [5.74, 6) is -0.0443. The molecule has 0 aliphatic heterocycles. The molecule has 9 nitrogen and oxygen atoms in total. The van der Waals surface area contributed by atoms with Crippen LogP contribution >= 0.6 is 23.8 Å². The molecule has 33 heavy (non-hydrogen) atoms. The average molecular weight is 484 g/mol. The van der Waals surface area contributed by atoms with Gasteiger partial charge in [0.05, 0.1) is 25.1 Å². The highest BCUT2D eigenvalue weighted by Gasteiger charge is 2.20. The average Bonchev–Trinajstić information content (AvgIpc) is 2.83. The van der Waals surface area contributed by atoms with E-state index in [1.54, 1.807) is 30.3 Å². The van der Waals surface area contributed by atoms with Gasteiger partial charge in [-0.15, -0.1) is 0 Å². The summed E-state index contributed by atoms with van der Waals surface area (Å²) in [6.07, 6.45) is 1.26. The number of hydrogen-bond acceptors (Lipinski definition) is 7. The second-order valence-electron chi connectivity index (χ2n) is 6.88. The number of halogens is 1. The monoisotopic (exact) mass is 483 g/mol. The predicted octanol–water partition coefficient (Wildman–Crippen LogP) is 3.44. The maximum atomic E-state index is 13.3. The summed E-state index contributed by atoms with van der Waals surface area (Å²) in [7, 11) is 2.83. The second-order valence-corrected chi connectivity index (χ2v) is 7.70. The summed E-state index contributed by atoms with van der Waals surface area (Å²) in [4.78, 5) is 37.0. The van der Waals surface area contributed by atoms with E-state index in [9.17, 15) is 9.59 Å². The number of H-pyrrole nitrogens is 1. The molecule has 0 unspecified atom stereocenters. The highest BCUT2D eigenvalue weighted by Crippen LogP contribution is 2.27. The van der Waals surface area contributed by atoms with Crippen LogP contribution in [0.3, 0.4) is 0 Å². The topological polar surface area (TPSA) is 111 Å². The highest BCUT2D eigenvalue weighted by molar-refractivity contribution is 7.71. The van der Waals surface area contributed by atoms with Crippen molar-refractivity contribution in [3.63, 3.8) is 0 Å². The van der Waals surface area contributed by atoms with E-state index < -0.39 is 5.56 Å². The molecule has 2 aromatic heterocycles. The number of amides is 1. The van der Waals surface area contributed by atoms with Crippen LogP contribution in [0.1, 0.15) is 15.9 Å². The molecule has 4 aromatic rings. The first-order valence-electron chi connectivity index (χ1n) is 9.68. The van der Waals surface area contributed by atoms with E-state index in [2.05, 4.69) is 20.3 Å². The normalized spacial score (nSPS) is 10.8. The predicted molar refractivity (Wildman–Crippen MR) is 126 cm³/mol. The molecule has 0 radical (unpaired) electrons. The van der Waals surface area contributed by atoms with Crippen molar-refractivity contribution in [3.8, 4) is 17.4 Å². The quantitative estimate of drug-likeness (QED) is 0.404. The van der Waals surface area contributed by atoms with Crippen LogP contribution in [0, 0.1) is 4.77 Å². The molecule has 0 atom stereocenters. The minimum absolute atomic E-state index is 0.0672. The van der Waals surface area contributed by atoms with Gasteiger partial charge in [-0.05, 0) is 48.1 Å². The Morgan fingerprint density at radius 3 is 2.42 bits per heavy atom. The number of rotatable bonds is 6. The van der Waals surface area contributed by atoms with E-state index in [0.717, 1.165) is 5.56 Å². The molecule has 0 fully saturated rings. The molecule has 0 spiro atoms. The molecule has 11 heteroatoms. The molecule has 2 aromatic carbocycles. The number of aromatic amines is 1. The third-order valence-corrected chi connectivity index (χ3v) is 5.43. The lowest BCUT2D eigenvalue weighted by molar-refractivity contribution is 0.0951. The number of carbonyl (C=O) groups excluding carboxylic acids is 1. The van der Waals surface area contributed by atoms with Gasteiger partial charge in [0.25, 0.3) is 11.5 Å². The number of methoxy groups -OCH3 is 2. The molecule has 0 bridgehead atoms. The number of nitrogens with zero attached hydrogens (tertiary/aromatic N) is 3. The van der Waals surface area contributed by atoms with Crippen molar-refractivity contribution >= 4 is 40.6 Å². The third kappa shape index (κ3) is 4.43. The van der Waals surface area contributed by atoms with Crippen molar-refractivity contribution in [1.29, 1.82) is 0 Å². The van der Waals surface area contributed by atoms with Crippen LogP contribution in [-0.2, 0) is 6.54 Å². The number of fused-ring (bicyclic) bond motifs is 1. The van der Waals surface area contributed by atoms with E-state index >= 15 is 0 Å². The van der Waals surface area contributed by atoms with Gasteiger partial charge in [-0.2, -0.15) is 9.97 Å². The van der Waals surface area contributed by atoms with Gasteiger partial charge in [-0.3, -0.25) is 9.59 Å². The van der Waals surface area contributed by atoms with Gasteiger partial charge in [0.2, 0.25) is 11.8 Å². The molecule has 2 N–H and O–H groups in total. The molecule has 4 rings (SSSR count). The molecular weight excluding hydrogens is 466 g/mol. The van der Waals surface area contributed by atoms with Crippen molar-refractivity contribution in [2.45, 2.75) is 6.54 Å². The molecule has 0 saturated heterocycles. The Morgan fingerprint density at radius 1 is 1.12 bits per heavy atom. The fraction of sp³-hybridized carbons (Fsp3) is 0.136. The summed E-state index contributed by atoms with van der Waals surface area (Å²) in [6.45, 7) is 0.333. The Balaban J connectivity index is 1.71. The van der Waals surface area contributed by atoms with Crippen molar-refractivity contribution in [1.82, 2.24) is 24.8 Å². The van der Waals surface area contributed by atoms with Crippen LogP contribution in [0.5, 0.6) is 11.8 Å². The molecule has 0 aliphatic carbocycles. The fourth-order valence-corrected chi connectivity index (χ4v) is 3.70. The first kappa shape index (κ1) is 22.4. The van der Waals surface area contributed by atoms with Crippen LogP contribution in [0.4, 0.5) is 0 Å². The number of carbonyl (C=O) groups is 1. The number of hydrogen-bond donors (Lipinski definition) is 2. The van der Waals surface area contributed by atoms with Gasteiger partial charge >= 0.3 is 0 Å². The van der Waals surface area contributed by atoms with Gasteiger partial charge in [-0.25, -0.2) is 4.57 Å². The largest absolute Gasteiger partial charge is 0.479 e. The van der Waals surface area contributed by atoms with Crippen LogP contribution in [-0.4, -0.2) is 39.6 Å². The van der Waals surface area contributed by atoms with Crippen LogP contribution < -0.4 is 20.3 Å². The number of ether oxygens (including phenoxy) is 2. The fourth-order valence-electron chi connectivity index (χ4n) is 3.29. The first-order valence-corrected chi connectivity index (χ1v) is 10.5. The van der Waals surface area contributed by atoms with Crippen molar-refractivity contribution in [3.05, 3.63) is 80.1 Å². The zero-order chi connectivity index (χ0) is 23.5. The second kappa shape index (κ2) is 9.39. The molecular formula is C22H18ClN5O4S. The smallest absolute Gasteiger partial charge is 0.267 e. The van der Waals surface area contributed by atoms with Gasteiger partial charge in [-0.1, -0.05) is 23.7 Å². The maximum Gasteiger partial charge on any atom is 0.267 e. The molecule has 1 amide bonds. The minimum atomic E-state index is -0.437. The number of nitrogens with one attached hydrogen (secondary N) is 2. The van der Waals surface area contributed by atoms with Crippen LogP contribution in [0.25, 0.3) is 16.6 Å². The SMILES string of the molecule is COc1ncnc(OC)c1-n1c(=S)[nH]c2cc(C(=O)NCc3ccc(Cl)cc3)ccc2c1=O. The van der Waals surface area contributed by atoms with Crippen LogP contribution in [0.15, 0.2) is 53.6 Å². The maximum absolute atomic E-state index is 13.3. The molecule has 0 aliphatic rings. The third-order valence-electron chi connectivity index (χ3n) is 4.89. The minimum Gasteiger partial charge on any atom is -0.479 e. The molecule has 2 heterocycles. The Kier molecular flexibility index (Phi) is 6.38. The van der Waals surface area contributed by atoms with Gasteiger partial charge in [0.15, 0.2) is 10.5 Å². The Hall–Kier alpha value is -3.76. The standard InChI is InChI=1S/C22H18ClN5O4S/c1-31-19-17(20(32-2)26-11-25-19)28-21(30)15-8-5-13(9-16(15)27-22(28)33)18(29)24-10-12-3-6-14(23)7-4-12/h3-9,11H,10H2,1-2H3,(H,24,29)(H,27,33). The summed E-state index contributed by atoms with van der Waals surface area (Å²) in [5, 5.41) is 3.78. The summed E-state index contributed by atoms with van der Waals surface area (Å²) >= 11 is 11.3. The van der Waals surface area contributed by atoms with E-state index in [1.165, 1.54) is 25.1 Å².